The summed E-state index contributed by atoms with van der Waals surface area (Å²) in [6, 6.07) is 16.1. The Hall–Kier alpha value is -2.33. The van der Waals surface area contributed by atoms with Crippen LogP contribution in [-0.4, -0.2) is 43.5 Å². The van der Waals surface area contributed by atoms with Gasteiger partial charge < -0.3 is 9.64 Å². The molecule has 3 rings (SSSR count). The Balaban J connectivity index is 1.61. The lowest BCUT2D eigenvalue weighted by Gasteiger charge is -2.37. The zero-order valence-electron chi connectivity index (χ0n) is 15.0. The number of para-hydroxylation sites is 2. The molecule has 0 aromatic heterocycles. The van der Waals surface area contributed by atoms with Crippen LogP contribution >= 0.6 is 0 Å². The minimum absolute atomic E-state index is 0.174. The second kappa shape index (κ2) is 8.17. The highest BCUT2D eigenvalue weighted by atomic mass is 16.5. The minimum Gasteiger partial charge on any atom is -0.489 e. The van der Waals surface area contributed by atoms with Gasteiger partial charge in [-0.15, -0.1) is 0 Å². The van der Waals surface area contributed by atoms with E-state index in [2.05, 4.69) is 41.8 Å². The quantitative estimate of drug-likeness (QED) is 0.753. The van der Waals surface area contributed by atoms with Crippen molar-refractivity contribution in [3.8, 4) is 5.75 Å². The highest BCUT2D eigenvalue weighted by Crippen LogP contribution is 2.29. The monoisotopic (exact) mass is 338 g/mol. The maximum atomic E-state index is 10.9. The van der Waals surface area contributed by atoms with Crippen LogP contribution in [0.5, 0.6) is 5.75 Å². The molecule has 4 nitrogen and oxygen atoms in total. The average molecular weight is 338 g/mol. The second-order valence-corrected chi connectivity index (χ2v) is 6.76. The Kier molecular flexibility index (Phi) is 5.71. The van der Waals surface area contributed by atoms with Crippen molar-refractivity contribution >= 4 is 12.0 Å². The number of benzene rings is 2. The molecular weight excluding hydrogens is 312 g/mol. The number of hydrogen-bond acceptors (Lipinski definition) is 4. The zero-order valence-corrected chi connectivity index (χ0v) is 15.0. The Morgan fingerprint density at radius 1 is 1.04 bits per heavy atom. The summed E-state index contributed by atoms with van der Waals surface area (Å²) in [5.74, 6) is 0.963. The smallest absolute Gasteiger partial charge is 0.150 e. The first-order valence-corrected chi connectivity index (χ1v) is 8.93. The Bertz CT molecular complexity index is 707. The topological polar surface area (TPSA) is 32.8 Å². The number of anilines is 1. The van der Waals surface area contributed by atoms with Crippen molar-refractivity contribution in [3.63, 3.8) is 0 Å². The minimum atomic E-state index is 0.174. The van der Waals surface area contributed by atoms with E-state index in [-0.39, 0.29) is 6.10 Å². The maximum Gasteiger partial charge on any atom is 0.150 e. The van der Waals surface area contributed by atoms with Gasteiger partial charge >= 0.3 is 0 Å². The van der Waals surface area contributed by atoms with Crippen LogP contribution in [0.3, 0.4) is 0 Å². The molecular formula is C21H26N2O2. The van der Waals surface area contributed by atoms with Gasteiger partial charge in [-0.25, -0.2) is 0 Å². The summed E-state index contributed by atoms with van der Waals surface area (Å²) >= 11 is 0. The summed E-state index contributed by atoms with van der Waals surface area (Å²) in [7, 11) is 0. The summed E-state index contributed by atoms with van der Waals surface area (Å²) in [6.45, 7) is 8.96. The van der Waals surface area contributed by atoms with Crippen molar-refractivity contribution in [3.05, 3.63) is 59.7 Å². The largest absolute Gasteiger partial charge is 0.489 e. The predicted octanol–water partition coefficient (Wildman–Crippen LogP) is 3.61. The van der Waals surface area contributed by atoms with E-state index in [9.17, 15) is 4.79 Å². The Morgan fingerprint density at radius 2 is 1.80 bits per heavy atom. The van der Waals surface area contributed by atoms with Crippen molar-refractivity contribution in [1.82, 2.24) is 4.90 Å². The van der Waals surface area contributed by atoms with E-state index in [1.54, 1.807) is 0 Å². The highest BCUT2D eigenvalue weighted by molar-refractivity contribution is 5.74. The number of nitrogens with zero attached hydrogens (tertiary/aromatic N) is 2. The molecule has 0 aliphatic carbocycles. The molecule has 1 fully saturated rings. The van der Waals surface area contributed by atoms with E-state index >= 15 is 0 Å². The molecule has 1 heterocycles. The van der Waals surface area contributed by atoms with Crippen LogP contribution in [0.25, 0.3) is 0 Å². The van der Waals surface area contributed by atoms with Crippen LogP contribution in [0.2, 0.25) is 0 Å². The van der Waals surface area contributed by atoms with Gasteiger partial charge in [0.1, 0.15) is 12.0 Å². The van der Waals surface area contributed by atoms with E-state index in [0.717, 1.165) is 50.3 Å². The first-order chi connectivity index (χ1) is 12.2. The summed E-state index contributed by atoms with van der Waals surface area (Å²) in [4.78, 5) is 15.8. The van der Waals surface area contributed by atoms with Gasteiger partial charge in [0.2, 0.25) is 0 Å². The van der Waals surface area contributed by atoms with Crippen molar-refractivity contribution in [2.45, 2.75) is 26.5 Å². The number of ether oxygens (including phenoxy) is 1. The van der Waals surface area contributed by atoms with Crippen LogP contribution < -0.4 is 9.64 Å². The third kappa shape index (κ3) is 4.60. The number of carbonyl (C=O) groups is 1. The average Bonchev–Trinajstić information content (AvgIpc) is 2.63. The van der Waals surface area contributed by atoms with Crippen molar-refractivity contribution < 1.29 is 9.53 Å². The van der Waals surface area contributed by atoms with Gasteiger partial charge in [-0.05, 0) is 37.6 Å². The van der Waals surface area contributed by atoms with Crippen LogP contribution in [0.4, 0.5) is 5.69 Å². The Labute approximate surface area is 150 Å². The number of hydrogen-bond donors (Lipinski definition) is 0. The van der Waals surface area contributed by atoms with E-state index in [4.69, 9.17) is 4.74 Å². The van der Waals surface area contributed by atoms with Crippen LogP contribution in [-0.2, 0) is 6.54 Å². The van der Waals surface area contributed by atoms with Gasteiger partial charge in [0.05, 0.1) is 11.8 Å². The Morgan fingerprint density at radius 3 is 2.52 bits per heavy atom. The summed E-state index contributed by atoms with van der Waals surface area (Å²) in [6.07, 6.45) is 1.08. The van der Waals surface area contributed by atoms with Gasteiger partial charge in [-0.1, -0.05) is 30.3 Å². The molecule has 25 heavy (non-hydrogen) atoms. The number of carbonyl (C=O) groups excluding carboxylic acids is 1. The van der Waals surface area contributed by atoms with Crippen molar-refractivity contribution in [2.24, 2.45) is 0 Å². The van der Waals surface area contributed by atoms with E-state index in [0.29, 0.717) is 0 Å². The third-order valence-corrected chi connectivity index (χ3v) is 4.43. The number of rotatable bonds is 6. The van der Waals surface area contributed by atoms with Crippen LogP contribution in [0, 0.1) is 0 Å². The van der Waals surface area contributed by atoms with Gasteiger partial charge in [0.25, 0.3) is 0 Å². The molecule has 0 atom stereocenters. The highest BCUT2D eigenvalue weighted by Gasteiger charge is 2.20. The van der Waals surface area contributed by atoms with E-state index in [1.165, 1.54) is 11.3 Å². The summed E-state index contributed by atoms with van der Waals surface area (Å²) in [5.41, 5.74) is 3.12. The lowest BCUT2D eigenvalue weighted by Crippen LogP contribution is -2.46. The zero-order chi connectivity index (χ0) is 17.6. The summed E-state index contributed by atoms with van der Waals surface area (Å²) in [5, 5.41) is 0. The molecule has 1 saturated heterocycles. The van der Waals surface area contributed by atoms with Crippen molar-refractivity contribution in [1.29, 1.82) is 0 Å². The molecule has 4 heteroatoms. The van der Waals surface area contributed by atoms with Gasteiger partial charge in [-0.3, -0.25) is 9.69 Å². The van der Waals surface area contributed by atoms with Crippen LogP contribution in [0.15, 0.2) is 48.5 Å². The molecule has 2 aromatic rings. The standard InChI is InChI=1S/C21H26N2O2/c1-17(2)25-21-9-4-3-8-20(21)23-12-10-22(11-13-23)15-18-6-5-7-19(14-18)16-24/h3-9,14,16-17H,10-13,15H2,1-2H3. The van der Waals surface area contributed by atoms with Crippen molar-refractivity contribution in [2.75, 3.05) is 31.1 Å². The number of aldehydes is 1. The van der Waals surface area contributed by atoms with Gasteiger partial charge in [-0.2, -0.15) is 0 Å². The second-order valence-electron chi connectivity index (χ2n) is 6.76. The molecule has 0 spiro atoms. The SMILES string of the molecule is CC(C)Oc1ccccc1N1CCN(Cc2cccc(C=O)c2)CC1. The lowest BCUT2D eigenvalue weighted by molar-refractivity contribution is 0.112. The van der Waals surface area contributed by atoms with Gasteiger partial charge in [0, 0.05) is 38.3 Å². The summed E-state index contributed by atoms with van der Waals surface area (Å²) < 4.78 is 5.96. The van der Waals surface area contributed by atoms with E-state index < -0.39 is 0 Å². The number of piperazine rings is 1. The molecule has 0 bridgehead atoms. The molecule has 0 saturated carbocycles. The van der Waals surface area contributed by atoms with Crippen LogP contribution in [0.1, 0.15) is 29.8 Å². The fourth-order valence-corrected chi connectivity index (χ4v) is 3.24. The molecule has 0 radical (unpaired) electrons. The maximum absolute atomic E-state index is 10.9. The molecule has 0 unspecified atom stereocenters. The first-order valence-electron chi connectivity index (χ1n) is 8.93. The molecule has 0 amide bonds. The molecule has 1 aliphatic rings. The predicted molar refractivity (Wildman–Crippen MR) is 102 cm³/mol. The molecule has 2 aromatic carbocycles. The molecule has 0 N–H and O–H groups in total. The van der Waals surface area contributed by atoms with E-state index in [1.807, 2.05) is 30.3 Å². The molecule has 132 valence electrons. The molecule has 1 aliphatic heterocycles. The lowest BCUT2D eigenvalue weighted by atomic mass is 10.1. The van der Waals surface area contributed by atoms with Gasteiger partial charge in [0.15, 0.2) is 0 Å². The fraction of sp³-hybridized carbons (Fsp3) is 0.381. The normalized spacial score (nSPS) is 15.4. The first kappa shape index (κ1) is 17.5. The third-order valence-electron chi connectivity index (χ3n) is 4.43. The fourth-order valence-electron chi connectivity index (χ4n) is 3.24.